The van der Waals surface area contributed by atoms with Crippen molar-refractivity contribution in [1.29, 1.82) is 0 Å². The first-order valence-corrected chi connectivity index (χ1v) is 7.60. The number of hydrogen-bond donors (Lipinski definition) is 2. The molecule has 0 aromatic carbocycles. The van der Waals surface area contributed by atoms with Crippen molar-refractivity contribution in [2.45, 2.75) is 25.5 Å². The number of hydrogen-bond acceptors (Lipinski definition) is 5. The molecule has 1 fully saturated rings. The van der Waals surface area contributed by atoms with Crippen molar-refractivity contribution in [1.82, 2.24) is 20.5 Å². The van der Waals surface area contributed by atoms with Gasteiger partial charge in [0.05, 0.1) is 12.2 Å². The smallest absolute Gasteiger partial charge is 0.321 e. The largest absolute Gasteiger partial charge is 0.487 e. The first-order chi connectivity index (χ1) is 11.1. The van der Waals surface area contributed by atoms with Gasteiger partial charge < -0.3 is 10.1 Å². The zero-order chi connectivity index (χ0) is 16.7. The highest BCUT2D eigenvalue weighted by Crippen LogP contribution is 2.19. The van der Waals surface area contributed by atoms with E-state index < -0.39 is 12.1 Å². The Morgan fingerprint density at radius 2 is 2.43 bits per heavy atom. The molecule has 0 spiro atoms. The fraction of sp³-hybridized carbons (Fsp3) is 0.438. The highest BCUT2D eigenvalue weighted by molar-refractivity contribution is 5.96. The molecule has 2 atom stereocenters. The fourth-order valence-electron chi connectivity index (χ4n) is 2.40. The predicted molar refractivity (Wildman–Crippen MR) is 86.0 cm³/mol. The van der Waals surface area contributed by atoms with Crippen LogP contribution in [-0.2, 0) is 4.79 Å². The van der Waals surface area contributed by atoms with E-state index in [9.17, 15) is 9.59 Å². The zero-order valence-electron chi connectivity index (χ0n) is 13.2. The van der Waals surface area contributed by atoms with E-state index in [0.717, 1.165) is 18.7 Å². The van der Waals surface area contributed by atoms with Gasteiger partial charge in [-0.05, 0) is 25.5 Å². The molecule has 2 N–H and O–H groups in total. The topological polar surface area (TPSA) is 83.6 Å². The van der Waals surface area contributed by atoms with Gasteiger partial charge >= 0.3 is 6.03 Å². The summed E-state index contributed by atoms with van der Waals surface area (Å²) < 4.78 is 5.84. The van der Waals surface area contributed by atoms with Crippen molar-refractivity contribution >= 4 is 11.9 Å². The van der Waals surface area contributed by atoms with Gasteiger partial charge in [0.25, 0.3) is 0 Å². The molecular weight excluding hydrogens is 296 g/mol. The summed E-state index contributed by atoms with van der Waals surface area (Å²) in [6.45, 7) is 6.98. The molecule has 1 aliphatic rings. The maximum atomic E-state index is 12.1. The number of likely N-dealkylation sites (tertiary alicyclic amines) is 1. The maximum Gasteiger partial charge on any atom is 0.321 e. The lowest BCUT2D eigenvalue weighted by atomic mass is 10.3. The second kappa shape index (κ2) is 8.28. The van der Waals surface area contributed by atoms with Gasteiger partial charge in [0, 0.05) is 25.8 Å². The third-order valence-corrected chi connectivity index (χ3v) is 3.68. The van der Waals surface area contributed by atoms with E-state index in [4.69, 9.17) is 4.74 Å². The van der Waals surface area contributed by atoms with Gasteiger partial charge in [-0.2, -0.15) is 0 Å². The molecule has 0 radical (unpaired) electrons. The summed E-state index contributed by atoms with van der Waals surface area (Å²) >= 11 is 0. The Hall–Kier alpha value is -2.41. The summed E-state index contributed by atoms with van der Waals surface area (Å²) in [7, 11) is 0. The van der Waals surface area contributed by atoms with Crippen LogP contribution < -0.4 is 15.4 Å². The van der Waals surface area contributed by atoms with E-state index in [-0.39, 0.29) is 12.0 Å². The number of amides is 3. The quantitative estimate of drug-likeness (QED) is 0.763. The molecule has 23 heavy (non-hydrogen) atoms. The molecule has 3 amide bonds. The lowest BCUT2D eigenvalue weighted by molar-refractivity contribution is -0.124. The molecule has 7 heteroatoms. The number of aromatic nitrogens is 1. The Labute approximate surface area is 135 Å². The van der Waals surface area contributed by atoms with Crippen molar-refractivity contribution in [2.24, 2.45) is 0 Å². The molecule has 0 aliphatic carbocycles. The third kappa shape index (κ3) is 5.07. The molecule has 1 aliphatic heterocycles. The predicted octanol–water partition coefficient (Wildman–Crippen LogP) is 0.935. The third-order valence-electron chi connectivity index (χ3n) is 3.68. The van der Waals surface area contributed by atoms with Crippen LogP contribution in [0.3, 0.4) is 0 Å². The Balaban J connectivity index is 1.79. The number of ether oxygens (including phenoxy) is 1. The van der Waals surface area contributed by atoms with E-state index in [1.165, 1.54) is 0 Å². The molecule has 7 nitrogen and oxygen atoms in total. The van der Waals surface area contributed by atoms with Gasteiger partial charge in [0.1, 0.15) is 11.9 Å². The monoisotopic (exact) mass is 318 g/mol. The lowest BCUT2D eigenvalue weighted by Gasteiger charge is -2.23. The molecule has 2 rings (SSSR count). The highest BCUT2D eigenvalue weighted by Gasteiger charge is 2.31. The van der Waals surface area contributed by atoms with Gasteiger partial charge in [-0.3, -0.25) is 20.0 Å². The number of carbonyl (C=O) groups excluding carboxylic acids is 2. The van der Waals surface area contributed by atoms with Crippen molar-refractivity contribution in [3.63, 3.8) is 0 Å². The Morgan fingerprint density at radius 3 is 3.13 bits per heavy atom. The molecule has 0 saturated carbocycles. The summed E-state index contributed by atoms with van der Waals surface area (Å²) in [5, 5.41) is 4.84. The summed E-state index contributed by atoms with van der Waals surface area (Å²) in [5.41, 5.74) is 0. The van der Waals surface area contributed by atoms with Crippen LogP contribution in [0.25, 0.3) is 0 Å². The SMILES string of the molecule is C=CCNC(=O)NC(=O)C(C)N1CCC(Oc2cccnc2)C1. The first kappa shape index (κ1) is 17.0. The van der Waals surface area contributed by atoms with Crippen molar-refractivity contribution in [2.75, 3.05) is 19.6 Å². The number of rotatable bonds is 6. The van der Waals surface area contributed by atoms with Gasteiger partial charge in [-0.1, -0.05) is 6.08 Å². The van der Waals surface area contributed by atoms with Crippen LogP contribution >= 0.6 is 0 Å². The molecule has 1 aromatic heterocycles. The highest BCUT2D eigenvalue weighted by atomic mass is 16.5. The molecule has 0 bridgehead atoms. The summed E-state index contributed by atoms with van der Waals surface area (Å²) in [6, 6.07) is 2.77. The number of nitrogens with one attached hydrogen (secondary N) is 2. The minimum Gasteiger partial charge on any atom is -0.487 e. The van der Waals surface area contributed by atoms with Crippen molar-refractivity contribution < 1.29 is 14.3 Å². The fourth-order valence-corrected chi connectivity index (χ4v) is 2.40. The summed E-state index contributed by atoms with van der Waals surface area (Å²) in [6.07, 6.45) is 5.76. The van der Waals surface area contributed by atoms with Gasteiger partial charge in [-0.15, -0.1) is 6.58 Å². The molecule has 124 valence electrons. The van der Waals surface area contributed by atoms with E-state index in [1.807, 2.05) is 17.0 Å². The number of pyridine rings is 1. The average molecular weight is 318 g/mol. The minimum absolute atomic E-state index is 0.0176. The van der Waals surface area contributed by atoms with Gasteiger partial charge in [0.2, 0.25) is 5.91 Å². The standard InChI is InChI=1S/C16H22N4O3/c1-3-7-18-16(22)19-15(21)12(2)20-9-6-14(11-20)23-13-5-4-8-17-10-13/h3-5,8,10,12,14H,1,6-7,9,11H2,2H3,(H2,18,19,21,22). The second-order valence-corrected chi connectivity index (χ2v) is 5.38. The normalized spacial score (nSPS) is 18.9. The molecule has 1 aromatic rings. The number of imide groups is 1. The lowest BCUT2D eigenvalue weighted by Crippen LogP contribution is -2.49. The van der Waals surface area contributed by atoms with Crippen LogP contribution in [0.4, 0.5) is 4.79 Å². The van der Waals surface area contributed by atoms with E-state index >= 15 is 0 Å². The maximum absolute atomic E-state index is 12.1. The van der Waals surface area contributed by atoms with Gasteiger partial charge in [-0.25, -0.2) is 4.79 Å². The van der Waals surface area contributed by atoms with E-state index in [0.29, 0.717) is 13.1 Å². The van der Waals surface area contributed by atoms with Crippen LogP contribution in [0.15, 0.2) is 37.2 Å². The molecule has 1 saturated heterocycles. The van der Waals surface area contributed by atoms with Crippen LogP contribution in [0.1, 0.15) is 13.3 Å². The molecule has 2 heterocycles. The van der Waals surface area contributed by atoms with Crippen LogP contribution in [0, 0.1) is 0 Å². The Morgan fingerprint density at radius 1 is 1.61 bits per heavy atom. The van der Waals surface area contributed by atoms with E-state index in [2.05, 4.69) is 22.2 Å². The molecular formula is C16H22N4O3. The van der Waals surface area contributed by atoms with Crippen LogP contribution in [-0.4, -0.2) is 53.6 Å². The zero-order valence-corrected chi connectivity index (χ0v) is 13.2. The first-order valence-electron chi connectivity index (χ1n) is 7.60. The number of urea groups is 1. The minimum atomic E-state index is -0.510. The van der Waals surface area contributed by atoms with Crippen LogP contribution in [0.5, 0.6) is 5.75 Å². The van der Waals surface area contributed by atoms with E-state index in [1.54, 1.807) is 25.4 Å². The Bertz CT molecular complexity index is 550. The second-order valence-electron chi connectivity index (χ2n) is 5.38. The summed E-state index contributed by atoms with van der Waals surface area (Å²) in [5.74, 6) is 0.397. The Kier molecular flexibility index (Phi) is 6.10. The van der Waals surface area contributed by atoms with Crippen LogP contribution in [0.2, 0.25) is 0 Å². The number of carbonyl (C=O) groups is 2. The molecule has 2 unspecified atom stereocenters. The number of nitrogens with zero attached hydrogens (tertiary/aromatic N) is 2. The van der Waals surface area contributed by atoms with Crippen molar-refractivity contribution in [3.8, 4) is 5.75 Å². The average Bonchev–Trinajstić information content (AvgIpc) is 3.01. The van der Waals surface area contributed by atoms with Gasteiger partial charge in [0.15, 0.2) is 0 Å². The summed E-state index contributed by atoms with van der Waals surface area (Å²) in [4.78, 5) is 29.6. The van der Waals surface area contributed by atoms with Crippen molar-refractivity contribution in [3.05, 3.63) is 37.2 Å².